The van der Waals surface area contributed by atoms with Gasteiger partial charge in [-0.25, -0.2) is 0 Å². The van der Waals surface area contributed by atoms with E-state index < -0.39 is 6.04 Å². The molecule has 0 amide bonds. The number of hydrogen-bond donors (Lipinski definition) is 1. The van der Waals surface area contributed by atoms with Gasteiger partial charge in [0.25, 0.3) is 0 Å². The fraction of sp³-hybridized carbons (Fsp3) is 0.462. The molecule has 0 saturated carbocycles. The summed E-state index contributed by atoms with van der Waals surface area (Å²) in [7, 11) is 0. The van der Waals surface area contributed by atoms with Crippen LogP contribution in [0.15, 0.2) is 22.7 Å². The molecule has 0 aliphatic carbocycles. The maximum atomic E-state index is 11.4. The lowest BCUT2D eigenvalue weighted by atomic mass is 10.0. The number of ether oxygens (including phenoxy) is 2. The molecule has 0 aromatic heterocycles. The van der Waals surface area contributed by atoms with E-state index >= 15 is 0 Å². The molecular weight excluding hydrogens is 334 g/mol. The minimum Gasteiger partial charge on any atom is -0.494 e. The van der Waals surface area contributed by atoms with Gasteiger partial charge in [-0.3, -0.25) is 4.79 Å². The van der Waals surface area contributed by atoms with Crippen LogP contribution in [0.2, 0.25) is 0 Å². The van der Waals surface area contributed by atoms with E-state index in [-0.39, 0.29) is 24.8 Å². The SMILES string of the molecule is CCOC(=O)C[C@@H](N)c1cc(Br)ccc1OCC.Cl. The molecular formula is C13H19BrClNO3. The van der Waals surface area contributed by atoms with E-state index in [0.29, 0.717) is 19.0 Å². The number of carbonyl (C=O) groups excluding carboxylic acids is 1. The van der Waals surface area contributed by atoms with Crippen molar-refractivity contribution in [3.63, 3.8) is 0 Å². The molecule has 0 spiro atoms. The fourth-order valence-corrected chi connectivity index (χ4v) is 1.98. The van der Waals surface area contributed by atoms with E-state index in [9.17, 15) is 4.79 Å². The van der Waals surface area contributed by atoms with Crippen LogP contribution in [0.3, 0.4) is 0 Å². The summed E-state index contributed by atoms with van der Waals surface area (Å²) in [6, 6.07) is 5.16. The molecule has 0 radical (unpaired) electrons. The molecule has 1 rings (SSSR count). The van der Waals surface area contributed by atoms with E-state index in [1.54, 1.807) is 6.92 Å². The first kappa shape index (κ1) is 18.2. The lowest BCUT2D eigenvalue weighted by molar-refractivity contribution is -0.143. The number of hydrogen-bond acceptors (Lipinski definition) is 4. The molecule has 0 fully saturated rings. The zero-order valence-corrected chi connectivity index (χ0v) is 13.4. The maximum absolute atomic E-state index is 11.4. The summed E-state index contributed by atoms with van der Waals surface area (Å²) in [6.45, 7) is 4.60. The molecule has 6 heteroatoms. The summed E-state index contributed by atoms with van der Waals surface area (Å²) in [4.78, 5) is 11.4. The normalized spacial score (nSPS) is 11.4. The van der Waals surface area contributed by atoms with Gasteiger partial charge in [-0.05, 0) is 32.0 Å². The molecule has 0 heterocycles. The van der Waals surface area contributed by atoms with E-state index in [2.05, 4.69) is 15.9 Å². The Morgan fingerprint density at radius 1 is 1.37 bits per heavy atom. The van der Waals surface area contributed by atoms with Gasteiger partial charge in [0.15, 0.2) is 0 Å². The van der Waals surface area contributed by atoms with Gasteiger partial charge in [-0.1, -0.05) is 15.9 Å². The predicted molar refractivity (Wildman–Crippen MR) is 80.7 cm³/mol. The van der Waals surface area contributed by atoms with E-state index in [0.717, 1.165) is 10.0 Å². The zero-order chi connectivity index (χ0) is 13.5. The first-order valence-electron chi connectivity index (χ1n) is 5.91. The van der Waals surface area contributed by atoms with Crippen LogP contribution in [0.25, 0.3) is 0 Å². The second kappa shape index (κ2) is 9.18. The topological polar surface area (TPSA) is 61.5 Å². The summed E-state index contributed by atoms with van der Waals surface area (Å²) in [5.41, 5.74) is 6.83. The number of halogens is 2. The Bertz CT molecular complexity index is 415. The van der Waals surface area contributed by atoms with Gasteiger partial charge in [0.05, 0.1) is 19.6 Å². The Morgan fingerprint density at radius 3 is 2.63 bits per heavy atom. The van der Waals surface area contributed by atoms with Crippen molar-refractivity contribution in [2.75, 3.05) is 13.2 Å². The second-order valence-corrected chi connectivity index (χ2v) is 4.65. The Hall–Kier alpha value is -0.780. The van der Waals surface area contributed by atoms with Crippen molar-refractivity contribution in [1.82, 2.24) is 0 Å². The quantitative estimate of drug-likeness (QED) is 0.799. The first-order valence-corrected chi connectivity index (χ1v) is 6.71. The third-order valence-corrected chi connectivity index (χ3v) is 2.86. The molecule has 0 aliphatic rings. The van der Waals surface area contributed by atoms with Crippen molar-refractivity contribution < 1.29 is 14.3 Å². The van der Waals surface area contributed by atoms with Crippen LogP contribution >= 0.6 is 28.3 Å². The molecule has 0 unspecified atom stereocenters. The van der Waals surface area contributed by atoms with Crippen molar-refractivity contribution in [3.8, 4) is 5.75 Å². The molecule has 19 heavy (non-hydrogen) atoms. The highest BCUT2D eigenvalue weighted by atomic mass is 79.9. The average Bonchev–Trinajstić information content (AvgIpc) is 2.32. The van der Waals surface area contributed by atoms with Crippen molar-refractivity contribution in [2.24, 2.45) is 5.73 Å². The highest BCUT2D eigenvalue weighted by Crippen LogP contribution is 2.29. The number of rotatable bonds is 6. The minimum atomic E-state index is -0.428. The molecule has 108 valence electrons. The van der Waals surface area contributed by atoms with Crippen molar-refractivity contribution in [1.29, 1.82) is 0 Å². The van der Waals surface area contributed by atoms with Gasteiger partial charge in [0, 0.05) is 16.1 Å². The monoisotopic (exact) mass is 351 g/mol. The average molecular weight is 353 g/mol. The third kappa shape index (κ3) is 5.80. The van der Waals surface area contributed by atoms with E-state index in [1.807, 2.05) is 25.1 Å². The van der Waals surface area contributed by atoms with Crippen molar-refractivity contribution in [3.05, 3.63) is 28.2 Å². The van der Waals surface area contributed by atoms with Crippen molar-refractivity contribution in [2.45, 2.75) is 26.3 Å². The predicted octanol–water partition coefficient (Wildman–Crippen LogP) is 3.22. The van der Waals surface area contributed by atoms with E-state index in [1.165, 1.54) is 0 Å². The summed E-state index contributed by atoms with van der Waals surface area (Å²) in [5.74, 6) is 0.407. The largest absolute Gasteiger partial charge is 0.494 e. The van der Waals surface area contributed by atoms with Crippen LogP contribution in [-0.4, -0.2) is 19.2 Å². The lowest BCUT2D eigenvalue weighted by Crippen LogP contribution is -2.18. The minimum absolute atomic E-state index is 0. The molecule has 1 aromatic carbocycles. The summed E-state index contributed by atoms with van der Waals surface area (Å²) >= 11 is 3.39. The van der Waals surface area contributed by atoms with Crippen LogP contribution in [-0.2, 0) is 9.53 Å². The van der Waals surface area contributed by atoms with Crippen LogP contribution in [0, 0.1) is 0 Å². The molecule has 2 N–H and O–H groups in total. The summed E-state index contributed by atoms with van der Waals surface area (Å²) in [5, 5.41) is 0. The van der Waals surface area contributed by atoms with E-state index in [4.69, 9.17) is 15.2 Å². The van der Waals surface area contributed by atoms with Gasteiger partial charge in [0.1, 0.15) is 5.75 Å². The fourth-order valence-electron chi connectivity index (χ4n) is 1.61. The first-order chi connectivity index (χ1) is 8.58. The standard InChI is InChI=1S/C13H18BrNO3.ClH/c1-3-17-12-6-5-9(14)7-10(12)11(15)8-13(16)18-4-2;/h5-7,11H,3-4,8,15H2,1-2H3;1H/t11-;/m1./s1. The molecule has 1 atom stereocenters. The van der Waals surface area contributed by atoms with Gasteiger partial charge in [-0.15, -0.1) is 12.4 Å². The van der Waals surface area contributed by atoms with Gasteiger partial charge in [-0.2, -0.15) is 0 Å². The number of benzene rings is 1. The third-order valence-electron chi connectivity index (χ3n) is 2.36. The lowest BCUT2D eigenvalue weighted by Gasteiger charge is -2.16. The molecule has 1 aromatic rings. The molecule has 4 nitrogen and oxygen atoms in total. The highest BCUT2D eigenvalue weighted by Gasteiger charge is 2.17. The van der Waals surface area contributed by atoms with Crippen LogP contribution in [0.5, 0.6) is 5.75 Å². The van der Waals surface area contributed by atoms with Crippen molar-refractivity contribution >= 4 is 34.3 Å². The Labute approximate surface area is 128 Å². The van der Waals surface area contributed by atoms with Crippen LogP contribution in [0.1, 0.15) is 31.9 Å². The molecule has 0 bridgehead atoms. The van der Waals surface area contributed by atoms with Gasteiger partial charge < -0.3 is 15.2 Å². The Morgan fingerprint density at radius 2 is 2.05 bits per heavy atom. The molecule has 0 aliphatic heterocycles. The zero-order valence-electron chi connectivity index (χ0n) is 11.0. The second-order valence-electron chi connectivity index (χ2n) is 3.73. The number of esters is 1. The Balaban J connectivity index is 0.00000324. The van der Waals surface area contributed by atoms with Crippen LogP contribution in [0.4, 0.5) is 0 Å². The van der Waals surface area contributed by atoms with Crippen LogP contribution < -0.4 is 10.5 Å². The van der Waals surface area contributed by atoms with Gasteiger partial charge >= 0.3 is 5.97 Å². The summed E-state index contributed by atoms with van der Waals surface area (Å²) in [6.07, 6.45) is 0.143. The molecule has 0 saturated heterocycles. The smallest absolute Gasteiger partial charge is 0.307 e. The highest BCUT2D eigenvalue weighted by molar-refractivity contribution is 9.10. The Kier molecular flexibility index (Phi) is 8.80. The summed E-state index contributed by atoms with van der Waals surface area (Å²) < 4.78 is 11.3. The number of carbonyl (C=O) groups is 1. The van der Waals surface area contributed by atoms with Gasteiger partial charge in [0.2, 0.25) is 0 Å². The maximum Gasteiger partial charge on any atom is 0.307 e. The number of nitrogens with two attached hydrogens (primary N) is 1.